The number of hydrogen-bond donors (Lipinski definition) is 2. The van der Waals surface area contributed by atoms with Crippen molar-refractivity contribution in [2.24, 2.45) is 0 Å². The zero-order valence-corrected chi connectivity index (χ0v) is 14.4. The lowest BCUT2D eigenvalue weighted by Crippen LogP contribution is -2.14. The molecule has 2 aromatic rings. The average molecular weight is 334 g/mol. The molecule has 0 amide bonds. The van der Waals surface area contributed by atoms with Crippen LogP contribution in [0.4, 0.5) is 11.4 Å². The Kier molecular flexibility index (Phi) is 5.50. The number of nitrogens with one attached hydrogen (secondary N) is 2. The fourth-order valence-electron chi connectivity index (χ4n) is 2.14. The van der Waals surface area contributed by atoms with E-state index in [9.17, 15) is 8.42 Å². The van der Waals surface area contributed by atoms with Crippen LogP contribution in [0.5, 0.6) is 5.75 Å². The summed E-state index contributed by atoms with van der Waals surface area (Å²) in [7, 11) is -1.60. The molecule has 0 aromatic heterocycles. The van der Waals surface area contributed by atoms with Gasteiger partial charge in [0.2, 0.25) is 10.0 Å². The summed E-state index contributed by atoms with van der Waals surface area (Å²) < 4.78 is 30.9. The van der Waals surface area contributed by atoms with Crippen molar-refractivity contribution in [1.29, 1.82) is 0 Å². The highest BCUT2D eigenvalue weighted by Gasteiger charge is 2.09. The maximum absolute atomic E-state index is 11.6. The van der Waals surface area contributed by atoms with Crippen LogP contribution in [0.1, 0.15) is 25.5 Å². The van der Waals surface area contributed by atoms with Gasteiger partial charge in [0.05, 0.1) is 12.9 Å². The fraction of sp³-hybridized carbons (Fsp3) is 0.294. The van der Waals surface area contributed by atoms with Gasteiger partial charge in [-0.15, -0.1) is 0 Å². The van der Waals surface area contributed by atoms with Crippen molar-refractivity contribution >= 4 is 21.4 Å². The molecule has 0 fully saturated rings. The monoisotopic (exact) mass is 334 g/mol. The molecule has 0 spiro atoms. The van der Waals surface area contributed by atoms with Crippen LogP contribution in [0.2, 0.25) is 0 Å². The molecule has 23 heavy (non-hydrogen) atoms. The first-order chi connectivity index (χ1) is 10.9. The summed E-state index contributed by atoms with van der Waals surface area (Å²) in [5.74, 6) is 0.856. The van der Waals surface area contributed by atoms with Crippen molar-refractivity contribution in [1.82, 2.24) is 0 Å². The van der Waals surface area contributed by atoms with Gasteiger partial charge >= 0.3 is 0 Å². The molecule has 0 saturated heterocycles. The minimum absolute atomic E-state index is 0.0581. The first-order valence-electron chi connectivity index (χ1n) is 7.44. The van der Waals surface area contributed by atoms with Crippen LogP contribution in [0, 0.1) is 0 Å². The highest BCUT2D eigenvalue weighted by Crippen LogP contribution is 2.23. The summed E-state index contributed by atoms with van der Waals surface area (Å²) >= 11 is 0. The lowest BCUT2D eigenvalue weighted by molar-refractivity contribution is 0.415. The molecule has 124 valence electrons. The summed E-state index contributed by atoms with van der Waals surface area (Å²) in [4.78, 5) is 0. The Bertz CT molecular complexity index is 743. The highest BCUT2D eigenvalue weighted by molar-refractivity contribution is 7.92. The number of rotatable bonds is 7. The van der Waals surface area contributed by atoms with Gasteiger partial charge in [-0.1, -0.05) is 18.2 Å². The molecule has 2 aromatic carbocycles. The van der Waals surface area contributed by atoms with Crippen LogP contribution in [0.25, 0.3) is 0 Å². The van der Waals surface area contributed by atoms with E-state index in [4.69, 9.17) is 4.74 Å². The fourth-order valence-corrected chi connectivity index (χ4v) is 2.78. The Balaban J connectivity index is 2.06. The molecular weight excluding hydrogens is 312 g/mol. The third kappa shape index (κ3) is 4.89. The van der Waals surface area contributed by atoms with Gasteiger partial charge in [-0.05, 0) is 43.7 Å². The molecule has 2 N–H and O–H groups in total. The molecular formula is C17H22N2O3S. The van der Waals surface area contributed by atoms with E-state index in [2.05, 4.69) is 10.0 Å². The van der Waals surface area contributed by atoms with E-state index < -0.39 is 10.0 Å². The Morgan fingerprint density at radius 2 is 1.78 bits per heavy atom. The molecule has 1 atom stereocenters. The number of sulfonamides is 1. The number of benzene rings is 2. The molecule has 0 aliphatic rings. The van der Waals surface area contributed by atoms with Crippen LogP contribution < -0.4 is 14.8 Å². The zero-order valence-electron chi connectivity index (χ0n) is 13.5. The Morgan fingerprint density at radius 3 is 2.39 bits per heavy atom. The van der Waals surface area contributed by atoms with Crippen LogP contribution in [-0.4, -0.2) is 21.3 Å². The molecule has 0 unspecified atom stereocenters. The van der Waals surface area contributed by atoms with Gasteiger partial charge in [0.15, 0.2) is 0 Å². The predicted molar refractivity (Wildman–Crippen MR) is 94.6 cm³/mol. The molecule has 0 aliphatic heterocycles. The third-order valence-electron chi connectivity index (χ3n) is 3.52. The van der Waals surface area contributed by atoms with Gasteiger partial charge in [0.25, 0.3) is 0 Å². The summed E-state index contributed by atoms with van der Waals surface area (Å²) in [5, 5.41) is 3.39. The van der Waals surface area contributed by atoms with E-state index in [-0.39, 0.29) is 11.8 Å². The molecule has 0 radical (unpaired) electrons. The molecule has 0 aliphatic carbocycles. The maximum atomic E-state index is 11.6. The van der Waals surface area contributed by atoms with Gasteiger partial charge in [-0.25, -0.2) is 8.42 Å². The van der Waals surface area contributed by atoms with Crippen LogP contribution >= 0.6 is 0 Å². The van der Waals surface area contributed by atoms with Gasteiger partial charge in [-0.2, -0.15) is 0 Å². The number of methoxy groups -OCH3 is 1. The highest BCUT2D eigenvalue weighted by atomic mass is 32.2. The minimum atomic E-state index is -3.24. The van der Waals surface area contributed by atoms with Crippen molar-refractivity contribution in [3.05, 3.63) is 54.1 Å². The Labute approximate surface area is 137 Å². The average Bonchev–Trinajstić information content (AvgIpc) is 2.55. The topological polar surface area (TPSA) is 67.4 Å². The zero-order chi connectivity index (χ0) is 16.9. The Morgan fingerprint density at radius 1 is 1.09 bits per heavy atom. The number of anilines is 2. The van der Waals surface area contributed by atoms with Gasteiger partial charge < -0.3 is 10.1 Å². The molecule has 0 heterocycles. The smallest absolute Gasteiger partial charge is 0.232 e. The molecule has 5 nitrogen and oxygen atoms in total. The van der Waals surface area contributed by atoms with E-state index in [1.165, 1.54) is 0 Å². The standard InChI is InChI=1S/C17H22N2O3S/c1-4-23(20,21)19-15-10-8-14(9-11-15)13(2)18-16-6-5-7-17(12-16)22-3/h5-13,18-19H,4H2,1-3H3/t13-/m1/s1. The largest absolute Gasteiger partial charge is 0.497 e. The number of ether oxygens (including phenoxy) is 1. The van der Waals surface area contributed by atoms with Crippen molar-refractivity contribution in [3.63, 3.8) is 0 Å². The summed E-state index contributed by atoms with van der Waals surface area (Å²) in [5.41, 5.74) is 2.60. The second-order valence-electron chi connectivity index (χ2n) is 5.23. The first-order valence-corrected chi connectivity index (χ1v) is 9.10. The van der Waals surface area contributed by atoms with E-state index in [0.29, 0.717) is 5.69 Å². The predicted octanol–water partition coefficient (Wildman–Crippen LogP) is 3.63. The second kappa shape index (κ2) is 7.37. The molecule has 2 rings (SSSR count). The van der Waals surface area contributed by atoms with Gasteiger partial charge in [0, 0.05) is 23.5 Å². The quantitative estimate of drug-likeness (QED) is 0.811. The SMILES string of the molecule is CCS(=O)(=O)Nc1ccc([C@@H](C)Nc2cccc(OC)c2)cc1. The first kappa shape index (κ1) is 17.1. The number of hydrogen-bond acceptors (Lipinski definition) is 4. The summed E-state index contributed by atoms with van der Waals surface area (Å²) in [6, 6.07) is 15.2. The van der Waals surface area contributed by atoms with E-state index in [1.807, 2.05) is 43.3 Å². The normalized spacial score (nSPS) is 12.5. The third-order valence-corrected chi connectivity index (χ3v) is 4.82. The van der Waals surface area contributed by atoms with Crippen LogP contribution in [0.15, 0.2) is 48.5 Å². The van der Waals surface area contributed by atoms with E-state index in [1.54, 1.807) is 26.2 Å². The van der Waals surface area contributed by atoms with E-state index >= 15 is 0 Å². The lowest BCUT2D eigenvalue weighted by Gasteiger charge is -2.17. The van der Waals surface area contributed by atoms with Crippen molar-refractivity contribution in [3.8, 4) is 5.75 Å². The molecule has 0 saturated carbocycles. The minimum Gasteiger partial charge on any atom is -0.497 e. The van der Waals surface area contributed by atoms with Crippen molar-refractivity contribution in [2.45, 2.75) is 19.9 Å². The van der Waals surface area contributed by atoms with Gasteiger partial charge in [0.1, 0.15) is 5.75 Å². The maximum Gasteiger partial charge on any atom is 0.232 e. The van der Waals surface area contributed by atoms with Crippen LogP contribution in [0.3, 0.4) is 0 Å². The van der Waals surface area contributed by atoms with E-state index in [0.717, 1.165) is 17.0 Å². The summed E-state index contributed by atoms with van der Waals surface area (Å²) in [6.07, 6.45) is 0. The summed E-state index contributed by atoms with van der Waals surface area (Å²) in [6.45, 7) is 3.65. The van der Waals surface area contributed by atoms with Crippen LogP contribution in [-0.2, 0) is 10.0 Å². The Hall–Kier alpha value is -2.21. The van der Waals surface area contributed by atoms with Crippen molar-refractivity contribution in [2.75, 3.05) is 22.9 Å². The molecule has 0 bridgehead atoms. The lowest BCUT2D eigenvalue weighted by atomic mass is 10.1. The molecule has 6 heteroatoms. The van der Waals surface area contributed by atoms with Gasteiger partial charge in [-0.3, -0.25) is 4.72 Å². The van der Waals surface area contributed by atoms with Crippen molar-refractivity contribution < 1.29 is 13.2 Å². The second-order valence-corrected chi connectivity index (χ2v) is 7.24.